The molecule has 1 aromatic heterocycles. The molecule has 2 amide bonds. The Morgan fingerprint density at radius 2 is 1.56 bits per heavy atom. The lowest BCUT2D eigenvalue weighted by molar-refractivity contribution is -0.117. The number of carbonyl (C=O) groups is 3. The molecule has 36 heavy (non-hydrogen) atoms. The fraction of sp³-hybridized carbons (Fsp3) is 0.107. The van der Waals surface area contributed by atoms with Crippen LogP contribution in [0.3, 0.4) is 0 Å². The topological polar surface area (TPSA) is 117 Å². The third kappa shape index (κ3) is 4.14. The Morgan fingerprint density at radius 3 is 2.22 bits per heavy atom. The first-order valence-corrected chi connectivity index (χ1v) is 11.3. The number of hydrogen-bond acceptors (Lipinski definition) is 5. The van der Waals surface area contributed by atoms with Crippen molar-refractivity contribution >= 4 is 29.0 Å². The van der Waals surface area contributed by atoms with Crippen LogP contribution in [-0.2, 0) is 16.0 Å². The van der Waals surface area contributed by atoms with Gasteiger partial charge in [-0.1, -0.05) is 42.5 Å². The summed E-state index contributed by atoms with van der Waals surface area (Å²) >= 11 is 0. The smallest absolute Gasteiger partial charge is 0.249 e. The van der Waals surface area contributed by atoms with E-state index in [-0.39, 0.29) is 11.6 Å². The quantitative estimate of drug-likeness (QED) is 0.280. The van der Waals surface area contributed by atoms with Crippen LogP contribution in [0.15, 0.2) is 78.9 Å². The normalized spacial score (nSPS) is 12.1. The number of Topliss-reactive ketones (excluding diaryl/α,β-unsaturated/α-hetero) is 1. The van der Waals surface area contributed by atoms with E-state index in [0.717, 1.165) is 22.5 Å². The average molecular weight is 476 g/mol. The first-order chi connectivity index (χ1) is 17.5. The molecule has 0 saturated heterocycles. The lowest BCUT2D eigenvalue weighted by atomic mass is 9.98. The fourth-order valence-corrected chi connectivity index (χ4v) is 4.37. The van der Waals surface area contributed by atoms with Crippen molar-refractivity contribution in [2.75, 3.05) is 10.6 Å². The molecule has 4 aromatic rings. The third-order valence-corrected chi connectivity index (χ3v) is 5.98. The summed E-state index contributed by atoms with van der Waals surface area (Å²) in [6.07, 6.45) is 0.490. The van der Waals surface area contributed by atoms with Gasteiger partial charge in [0.25, 0.3) is 0 Å². The Hall–Kier alpha value is -5.03. The van der Waals surface area contributed by atoms with Crippen LogP contribution in [-0.4, -0.2) is 27.4 Å². The molecule has 0 radical (unpaired) electrons. The predicted molar refractivity (Wildman–Crippen MR) is 135 cm³/mol. The van der Waals surface area contributed by atoms with Gasteiger partial charge >= 0.3 is 0 Å². The van der Waals surface area contributed by atoms with Crippen LogP contribution < -0.4 is 10.6 Å². The Labute approximate surface area is 207 Å². The standard InChI is InChI=1S/C28H21N5O3/c1-17(34)30-19-11-13-20(14-12-19)31-28(36)24(16-29)27(35)25-23-15-18-7-5-6-10-22(18)26(23)33(32-25)21-8-3-2-4-9-21/h2-14,24H,15H2,1H3,(H,30,34)(H,31,36). The van der Waals surface area contributed by atoms with Crippen molar-refractivity contribution in [1.82, 2.24) is 9.78 Å². The van der Waals surface area contributed by atoms with Crippen molar-refractivity contribution in [1.29, 1.82) is 5.26 Å². The van der Waals surface area contributed by atoms with Gasteiger partial charge in [0.15, 0.2) is 5.92 Å². The second-order valence-corrected chi connectivity index (χ2v) is 8.43. The highest BCUT2D eigenvalue weighted by atomic mass is 16.2. The fourth-order valence-electron chi connectivity index (χ4n) is 4.37. The van der Waals surface area contributed by atoms with Crippen LogP contribution in [0.1, 0.15) is 28.5 Å². The predicted octanol–water partition coefficient (Wildman–Crippen LogP) is 4.36. The minimum atomic E-state index is -1.58. The van der Waals surface area contributed by atoms with Gasteiger partial charge in [-0.2, -0.15) is 10.4 Å². The highest BCUT2D eigenvalue weighted by Gasteiger charge is 2.36. The number of nitrogens with zero attached hydrogens (tertiary/aromatic N) is 3. The minimum absolute atomic E-state index is 0.118. The van der Waals surface area contributed by atoms with Crippen molar-refractivity contribution in [2.24, 2.45) is 5.92 Å². The molecular formula is C28H21N5O3. The molecule has 5 rings (SSSR count). The Kier molecular flexibility index (Phi) is 5.88. The number of nitrogens with one attached hydrogen (secondary N) is 2. The second-order valence-electron chi connectivity index (χ2n) is 8.43. The summed E-state index contributed by atoms with van der Waals surface area (Å²) in [7, 11) is 0. The van der Waals surface area contributed by atoms with E-state index in [2.05, 4.69) is 15.7 Å². The van der Waals surface area contributed by atoms with Gasteiger partial charge < -0.3 is 10.6 Å². The largest absolute Gasteiger partial charge is 0.326 e. The molecule has 0 saturated carbocycles. The number of benzene rings is 3. The monoisotopic (exact) mass is 475 g/mol. The van der Waals surface area contributed by atoms with E-state index >= 15 is 0 Å². The highest BCUT2D eigenvalue weighted by Crippen LogP contribution is 2.40. The molecule has 3 aromatic carbocycles. The van der Waals surface area contributed by atoms with Crippen LogP contribution in [0.25, 0.3) is 16.9 Å². The molecule has 2 N–H and O–H groups in total. The molecule has 1 aliphatic carbocycles. The zero-order chi connectivity index (χ0) is 25.2. The maximum Gasteiger partial charge on any atom is 0.249 e. The summed E-state index contributed by atoms with van der Waals surface area (Å²) in [4.78, 5) is 37.7. The summed E-state index contributed by atoms with van der Waals surface area (Å²) in [5.74, 6) is -3.18. The summed E-state index contributed by atoms with van der Waals surface area (Å²) in [5.41, 5.74) is 5.39. The van der Waals surface area contributed by atoms with Gasteiger partial charge in [-0.15, -0.1) is 0 Å². The lowest BCUT2D eigenvalue weighted by Crippen LogP contribution is -2.29. The third-order valence-electron chi connectivity index (χ3n) is 5.98. The van der Waals surface area contributed by atoms with E-state index in [9.17, 15) is 19.6 Å². The number of aromatic nitrogens is 2. The Balaban J connectivity index is 1.47. The summed E-state index contributed by atoms with van der Waals surface area (Å²) in [6.45, 7) is 1.40. The van der Waals surface area contributed by atoms with Crippen LogP contribution in [0.5, 0.6) is 0 Å². The van der Waals surface area contributed by atoms with Gasteiger partial charge in [-0.3, -0.25) is 14.4 Å². The molecule has 8 nitrogen and oxygen atoms in total. The summed E-state index contributed by atoms with van der Waals surface area (Å²) in [5, 5.41) is 19.6. The molecule has 0 fully saturated rings. The van der Waals surface area contributed by atoms with Crippen molar-refractivity contribution in [3.8, 4) is 23.0 Å². The number of amides is 2. The van der Waals surface area contributed by atoms with E-state index in [1.54, 1.807) is 28.9 Å². The zero-order valence-corrected chi connectivity index (χ0v) is 19.4. The Bertz CT molecular complexity index is 1530. The SMILES string of the molecule is CC(=O)Nc1ccc(NC(=O)C(C#N)C(=O)c2nn(-c3ccccc3)c3c2Cc2ccccc2-3)cc1. The number of para-hydroxylation sites is 1. The molecule has 0 bridgehead atoms. The van der Waals surface area contributed by atoms with E-state index in [0.29, 0.717) is 23.4 Å². The van der Waals surface area contributed by atoms with Gasteiger partial charge in [-0.05, 0) is 42.0 Å². The number of rotatable bonds is 6. The van der Waals surface area contributed by atoms with Crippen molar-refractivity contribution in [2.45, 2.75) is 13.3 Å². The Morgan fingerprint density at radius 1 is 0.917 bits per heavy atom. The zero-order valence-electron chi connectivity index (χ0n) is 19.4. The van der Waals surface area contributed by atoms with Gasteiger partial charge in [0.05, 0.1) is 17.5 Å². The van der Waals surface area contributed by atoms with Crippen LogP contribution in [0, 0.1) is 17.2 Å². The first kappa shape index (κ1) is 22.7. The van der Waals surface area contributed by atoms with Crippen molar-refractivity contribution in [3.05, 3.63) is 95.7 Å². The first-order valence-electron chi connectivity index (χ1n) is 11.3. The van der Waals surface area contributed by atoms with E-state index in [4.69, 9.17) is 0 Å². The molecule has 1 unspecified atom stereocenters. The molecule has 1 atom stereocenters. The number of anilines is 2. The summed E-state index contributed by atoms with van der Waals surface area (Å²) < 4.78 is 1.71. The van der Waals surface area contributed by atoms with Crippen LogP contribution in [0.4, 0.5) is 11.4 Å². The maximum absolute atomic E-state index is 13.5. The molecule has 176 valence electrons. The van der Waals surface area contributed by atoms with E-state index in [1.807, 2.05) is 60.7 Å². The molecular weight excluding hydrogens is 454 g/mol. The maximum atomic E-state index is 13.5. The van der Waals surface area contributed by atoms with Gasteiger partial charge in [0.2, 0.25) is 17.6 Å². The number of nitriles is 1. The lowest BCUT2D eigenvalue weighted by Gasteiger charge is -2.10. The molecule has 0 spiro atoms. The molecule has 0 aliphatic heterocycles. The number of ketones is 1. The minimum Gasteiger partial charge on any atom is -0.326 e. The summed E-state index contributed by atoms with van der Waals surface area (Å²) in [6, 6.07) is 25.5. The van der Waals surface area contributed by atoms with Gasteiger partial charge in [-0.25, -0.2) is 4.68 Å². The molecule has 8 heteroatoms. The molecule has 1 aliphatic rings. The number of fused-ring (bicyclic) bond motifs is 3. The number of carbonyl (C=O) groups excluding carboxylic acids is 3. The number of hydrogen-bond donors (Lipinski definition) is 2. The van der Waals surface area contributed by atoms with E-state index < -0.39 is 17.6 Å². The van der Waals surface area contributed by atoms with Crippen molar-refractivity contribution < 1.29 is 14.4 Å². The van der Waals surface area contributed by atoms with E-state index in [1.165, 1.54) is 6.92 Å². The second kappa shape index (κ2) is 9.31. The molecule has 1 heterocycles. The van der Waals surface area contributed by atoms with Gasteiger partial charge in [0, 0.05) is 35.8 Å². The highest BCUT2D eigenvalue weighted by molar-refractivity contribution is 6.16. The van der Waals surface area contributed by atoms with Crippen LogP contribution >= 0.6 is 0 Å². The van der Waals surface area contributed by atoms with Crippen molar-refractivity contribution in [3.63, 3.8) is 0 Å². The van der Waals surface area contributed by atoms with Gasteiger partial charge in [0.1, 0.15) is 5.69 Å². The van der Waals surface area contributed by atoms with Crippen LogP contribution in [0.2, 0.25) is 0 Å². The average Bonchev–Trinajstić information content (AvgIpc) is 3.43.